The van der Waals surface area contributed by atoms with Gasteiger partial charge < -0.3 is 15.3 Å². The molecule has 1 heterocycles. The molecule has 222 valence electrons. The van der Waals surface area contributed by atoms with E-state index in [9.17, 15) is 45.8 Å². The fraction of sp³-hybridized carbons (Fsp3) is 0.429. The fourth-order valence-electron chi connectivity index (χ4n) is 4.74. The van der Waals surface area contributed by atoms with Crippen LogP contribution < -0.4 is 10.2 Å². The van der Waals surface area contributed by atoms with E-state index in [1.807, 2.05) is 0 Å². The summed E-state index contributed by atoms with van der Waals surface area (Å²) in [6.07, 6.45) is -15.8. The lowest BCUT2D eigenvalue weighted by Crippen LogP contribution is -2.49. The smallest absolute Gasteiger partial charge is 0.389 e. The molecule has 0 bridgehead atoms. The Kier molecular flexibility index (Phi) is 10.2. The molecule has 2 N–H and O–H groups in total. The van der Waals surface area contributed by atoms with E-state index in [0.717, 1.165) is 0 Å². The van der Waals surface area contributed by atoms with Crippen molar-refractivity contribution >= 4 is 29.2 Å². The van der Waals surface area contributed by atoms with Crippen molar-refractivity contribution in [3.05, 3.63) is 65.7 Å². The summed E-state index contributed by atoms with van der Waals surface area (Å²) in [4.78, 5) is 44.6. The van der Waals surface area contributed by atoms with Crippen LogP contribution in [-0.2, 0) is 14.4 Å². The van der Waals surface area contributed by atoms with Crippen LogP contribution in [0.1, 0.15) is 49.7 Å². The monoisotopic (exact) mass is 585 g/mol. The molecule has 2 amide bonds. The molecule has 0 unspecified atom stereocenters. The summed E-state index contributed by atoms with van der Waals surface area (Å²) in [6, 6.07) is 15.5. The topological polar surface area (TPSA) is 99.1 Å². The molecule has 0 aliphatic carbocycles. The van der Waals surface area contributed by atoms with Crippen molar-refractivity contribution in [2.75, 3.05) is 11.9 Å². The van der Waals surface area contributed by atoms with Crippen LogP contribution in [0.15, 0.2) is 59.6 Å². The maximum absolute atomic E-state index is 13.4. The number of halogens is 6. The zero-order valence-electron chi connectivity index (χ0n) is 22.0. The van der Waals surface area contributed by atoms with Crippen molar-refractivity contribution in [2.45, 2.75) is 57.0 Å². The summed E-state index contributed by atoms with van der Waals surface area (Å²) in [5, 5.41) is 12.1. The number of hydrogen-bond donors (Lipinski definition) is 2. The van der Waals surface area contributed by atoms with E-state index in [1.165, 1.54) is 11.9 Å². The predicted molar refractivity (Wildman–Crippen MR) is 138 cm³/mol. The molecule has 0 aromatic heterocycles. The molecule has 2 aromatic rings. The Morgan fingerprint density at radius 1 is 0.902 bits per heavy atom. The van der Waals surface area contributed by atoms with E-state index in [4.69, 9.17) is 0 Å². The van der Waals surface area contributed by atoms with Gasteiger partial charge in [-0.05, 0) is 31.7 Å². The fourth-order valence-corrected chi connectivity index (χ4v) is 4.74. The standard InChI is InChI=1S/C28H29F6N3O4/c1-37-21-14-6-5-11-20(21)22(17-9-3-2-4-10-17)35-23(25(37)39)36-24(38)18(12-7-15-27(29,30)31)19(26(40)41)13-8-16-28(32,33)34/h2-6,9-11,14,18-19,23H,7-8,12-13,15-16H2,1H3,(H,36,38)(H,40,41)/t18-,19-,23-/m1/s1. The van der Waals surface area contributed by atoms with Crippen LogP contribution in [0.2, 0.25) is 0 Å². The summed E-state index contributed by atoms with van der Waals surface area (Å²) in [5.74, 6) is -6.75. The normalized spacial score (nSPS) is 17.2. The van der Waals surface area contributed by atoms with Gasteiger partial charge in [-0.1, -0.05) is 48.5 Å². The van der Waals surface area contributed by atoms with Gasteiger partial charge in [0, 0.05) is 31.0 Å². The van der Waals surface area contributed by atoms with Crippen molar-refractivity contribution in [3.63, 3.8) is 0 Å². The highest BCUT2D eigenvalue weighted by molar-refractivity contribution is 6.20. The number of para-hydroxylation sites is 1. The number of likely N-dealkylation sites (N-methyl/N-ethyl adjacent to an activating group) is 1. The summed E-state index contributed by atoms with van der Waals surface area (Å²) in [5.41, 5.74) is 1.95. The number of benzodiazepines with no additional fused rings is 1. The van der Waals surface area contributed by atoms with Crippen LogP contribution in [0.3, 0.4) is 0 Å². The van der Waals surface area contributed by atoms with E-state index in [1.54, 1.807) is 54.6 Å². The number of carboxylic acids is 1. The molecule has 1 aliphatic rings. The Bertz CT molecular complexity index is 1260. The summed E-state index contributed by atoms with van der Waals surface area (Å²) in [7, 11) is 1.45. The SMILES string of the molecule is CN1C(=O)[C@@H](NC(=O)[C@H](CCCC(F)(F)F)[C@@H](CCCC(F)(F)F)C(=O)O)N=C(c2ccccc2)c2ccccc21. The number of fused-ring (bicyclic) bond motifs is 1. The highest BCUT2D eigenvalue weighted by Crippen LogP contribution is 2.32. The Morgan fingerprint density at radius 2 is 1.44 bits per heavy atom. The molecule has 13 heteroatoms. The minimum atomic E-state index is -4.59. The lowest BCUT2D eigenvalue weighted by molar-refractivity contribution is -0.151. The minimum absolute atomic E-state index is 0.331. The third-order valence-electron chi connectivity index (χ3n) is 6.76. The van der Waals surface area contributed by atoms with Crippen LogP contribution in [0.4, 0.5) is 32.0 Å². The lowest BCUT2D eigenvalue weighted by atomic mass is 9.83. The molecule has 2 aromatic carbocycles. The minimum Gasteiger partial charge on any atom is -0.481 e. The Hall–Kier alpha value is -3.90. The Morgan fingerprint density at radius 3 is 2.00 bits per heavy atom. The average molecular weight is 586 g/mol. The number of aliphatic imine (C=N–C) groups is 1. The van der Waals surface area contributed by atoms with Crippen LogP contribution in [0, 0.1) is 11.8 Å². The molecule has 3 atom stereocenters. The van der Waals surface area contributed by atoms with E-state index in [2.05, 4.69) is 10.3 Å². The van der Waals surface area contributed by atoms with Gasteiger partial charge in [0.15, 0.2) is 0 Å². The third kappa shape index (κ3) is 8.79. The van der Waals surface area contributed by atoms with Gasteiger partial charge in [0.1, 0.15) is 0 Å². The van der Waals surface area contributed by atoms with Gasteiger partial charge >= 0.3 is 18.3 Å². The first-order valence-corrected chi connectivity index (χ1v) is 12.8. The second kappa shape index (κ2) is 13.2. The van der Waals surface area contributed by atoms with Gasteiger partial charge in [0.2, 0.25) is 12.1 Å². The maximum Gasteiger partial charge on any atom is 0.389 e. The number of carbonyl (C=O) groups is 3. The number of nitrogens with zero attached hydrogens (tertiary/aromatic N) is 2. The van der Waals surface area contributed by atoms with E-state index in [-0.39, 0.29) is 0 Å². The first-order chi connectivity index (χ1) is 19.2. The second-order valence-electron chi connectivity index (χ2n) is 9.74. The zero-order chi connectivity index (χ0) is 30.4. The summed E-state index contributed by atoms with van der Waals surface area (Å²) < 4.78 is 76.6. The number of alkyl halides is 6. The van der Waals surface area contributed by atoms with Gasteiger partial charge in [-0.15, -0.1) is 0 Å². The zero-order valence-corrected chi connectivity index (χ0v) is 22.0. The molecule has 1 aliphatic heterocycles. The number of aliphatic carboxylic acids is 1. The first-order valence-electron chi connectivity index (χ1n) is 12.8. The molecular formula is C28H29F6N3O4. The van der Waals surface area contributed by atoms with E-state index < -0.39 is 86.7 Å². The lowest BCUT2D eigenvalue weighted by Gasteiger charge is -2.26. The molecular weight excluding hydrogens is 556 g/mol. The number of carbonyl (C=O) groups excluding carboxylic acids is 2. The number of hydrogen-bond acceptors (Lipinski definition) is 4. The molecule has 0 fully saturated rings. The van der Waals surface area contributed by atoms with Gasteiger partial charge in [-0.3, -0.25) is 14.4 Å². The quantitative estimate of drug-likeness (QED) is 0.330. The van der Waals surface area contributed by atoms with Crippen LogP contribution >= 0.6 is 0 Å². The van der Waals surface area contributed by atoms with Crippen molar-refractivity contribution < 1.29 is 45.8 Å². The summed E-state index contributed by atoms with van der Waals surface area (Å²) >= 11 is 0. The van der Waals surface area contributed by atoms with Crippen LogP contribution in [-0.4, -0.2) is 54.2 Å². The molecule has 0 spiro atoms. The largest absolute Gasteiger partial charge is 0.481 e. The molecule has 0 saturated heterocycles. The number of rotatable bonds is 11. The van der Waals surface area contributed by atoms with Gasteiger partial charge in [-0.25, -0.2) is 4.99 Å². The molecule has 0 saturated carbocycles. The number of nitrogens with one attached hydrogen (secondary N) is 1. The number of benzene rings is 2. The first kappa shape index (κ1) is 31.6. The number of anilines is 1. The number of carboxylic acid groups (broad SMARTS) is 1. The Labute approximate surface area is 232 Å². The van der Waals surface area contributed by atoms with Crippen molar-refractivity contribution in [1.82, 2.24) is 5.32 Å². The highest BCUT2D eigenvalue weighted by Gasteiger charge is 2.39. The van der Waals surface area contributed by atoms with Gasteiger partial charge in [0.05, 0.1) is 23.2 Å². The molecule has 0 radical (unpaired) electrons. The average Bonchev–Trinajstić information content (AvgIpc) is 2.99. The molecule has 41 heavy (non-hydrogen) atoms. The molecule has 7 nitrogen and oxygen atoms in total. The van der Waals surface area contributed by atoms with E-state index in [0.29, 0.717) is 22.5 Å². The Balaban J connectivity index is 1.96. The number of amides is 2. The third-order valence-corrected chi connectivity index (χ3v) is 6.76. The van der Waals surface area contributed by atoms with Crippen molar-refractivity contribution in [1.29, 1.82) is 0 Å². The second-order valence-corrected chi connectivity index (χ2v) is 9.74. The molecule has 3 rings (SSSR count). The summed E-state index contributed by atoms with van der Waals surface area (Å²) in [6.45, 7) is 0. The maximum atomic E-state index is 13.4. The van der Waals surface area contributed by atoms with Crippen LogP contribution in [0.5, 0.6) is 0 Å². The van der Waals surface area contributed by atoms with Crippen LogP contribution in [0.25, 0.3) is 0 Å². The van der Waals surface area contributed by atoms with Gasteiger partial charge in [0.25, 0.3) is 5.91 Å². The highest BCUT2D eigenvalue weighted by atomic mass is 19.4. The van der Waals surface area contributed by atoms with Crippen molar-refractivity contribution in [2.24, 2.45) is 16.8 Å². The predicted octanol–water partition coefficient (Wildman–Crippen LogP) is 5.72. The van der Waals surface area contributed by atoms with E-state index >= 15 is 0 Å². The van der Waals surface area contributed by atoms with Gasteiger partial charge in [-0.2, -0.15) is 26.3 Å². The van der Waals surface area contributed by atoms with Crippen molar-refractivity contribution in [3.8, 4) is 0 Å².